The van der Waals surface area contributed by atoms with Crippen molar-refractivity contribution in [2.24, 2.45) is 0 Å². The number of aryl methyl sites for hydroxylation is 2. The van der Waals surface area contributed by atoms with E-state index in [9.17, 15) is 0 Å². The van der Waals surface area contributed by atoms with Crippen LogP contribution < -0.4 is 0 Å². The van der Waals surface area contributed by atoms with E-state index in [1.165, 1.54) is 33.4 Å². The molecule has 23 heavy (non-hydrogen) atoms. The molecule has 0 aliphatic carbocycles. The Balaban J connectivity index is 1.80. The van der Waals surface area contributed by atoms with Gasteiger partial charge in [-0.1, -0.05) is 84.0 Å². The lowest BCUT2D eigenvalue weighted by atomic mass is 10.1. The van der Waals surface area contributed by atoms with Gasteiger partial charge in [-0.25, -0.2) is 0 Å². The lowest BCUT2D eigenvalue weighted by molar-refractivity contribution is 1.46. The second-order valence-electron chi connectivity index (χ2n) is 5.78. The maximum Gasteiger partial charge on any atom is -0.00145 e. The van der Waals surface area contributed by atoms with Crippen LogP contribution in [-0.2, 0) is 0 Å². The molecule has 0 aliphatic rings. The van der Waals surface area contributed by atoms with Crippen molar-refractivity contribution in [1.29, 1.82) is 0 Å². The van der Waals surface area contributed by atoms with E-state index in [0.717, 1.165) is 0 Å². The topological polar surface area (TPSA) is 0 Å². The minimum absolute atomic E-state index is 1.24. The molecule has 0 saturated carbocycles. The average molecular weight is 316 g/mol. The molecule has 0 fully saturated rings. The SMILES string of the molecule is Cc1cccc(/C=C/c2cscc2/C=C/c2cccc(C)c2)c1. The third-order valence-electron chi connectivity index (χ3n) is 3.72. The number of rotatable bonds is 4. The van der Waals surface area contributed by atoms with E-state index in [2.05, 4.69) is 97.4 Å². The van der Waals surface area contributed by atoms with Gasteiger partial charge in [0, 0.05) is 0 Å². The van der Waals surface area contributed by atoms with E-state index in [4.69, 9.17) is 0 Å². The van der Waals surface area contributed by atoms with Gasteiger partial charge in [-0.3, -0.25) is 0 Å². The molecule has 1 aromatic heterocycles. The highest BCUT2D eigenvalue weighted by atomic mass is 32.1. The maximum absolute atomic E-state index is 2.20. The van der Waals surface area contributed by atoms with Crippen LogP contribution >= 0.6 is 11.3 Å². The standard InChI is InChI=1S/C22H20S/c1-17-5-3-7-19(13-17)9-11-21-15-23-16-22(21)12-10-20-8-4-6-18(2)14-20/h3-16H,1-2H3/b11-9+,12-10+. The first-order chi connectivity index (χ1) is 11.2. The van der Waals surface area contributed by atoms with Crippen molar-refractivity contribution in [1.82, 2.24) is 0 Å². The Morgan fingerprint density at radius 1 is 0.652 bits per heavy atom. The van der Waals surface area contributed by atoms with Gasteiger partial charge in [0.2, 0.25) is 0 Å². The highest BCUT2D eigenvalue weighted by Crippen LogP contribution is 2.21. The Morgan fingerprint density at radius 3 is 1.57 bits per heavy atom. The van der Waals surface area contributed by atoms with Crippen molar-refractivity contribution < 1.29 is 0 Å². The predicted octanol–water partition coefficient (Wildman–Crippen LogP) is 6.71. The molecular weight excluding hydrogens is 296 g/mol. The lowest BCUT2D eigenvalue weighted by Gasteiger charge is -1.97. The van der Waals surface area contributed by atoms with Gasteiger partial charge in [0.25, 0.3) is 0 Å². The molecule has 0 atom stereocenters. The van der Waals surface area contributed by atoms with Crippen LogP contribution in [0.1, 0.15) is 33.4 Å². The van der Waals surface area contributed by atoms with E-state index >= 15 is 0 Å². The zero-order valence-corrected chi connectivity index (χ0v) is 14.3. The Labute approximate surface area is 142 Å². The largest absolute Gasteiger partial charge is 0.151 e. The molecule has 0 bridgehead atoms. The van der Waals surface area contributed by atoms with Crippen molar-refractivity contribution in [3.8, 4) is 0 Å². The molecular formula is C22H20S. The molecule has 3 rings (SSSR count). The van der Waals surface area contributed by atoms with Crippen LogP contribution in [0.4, 0.5) is 0 Å². The summed E-state index contributed by atoms with van der Waals surface area (Å²) in [5.41, 5.74) is 7.59. The fourth-order valence-electron chi connectivity index (χ4n) is 2.51. The van der Waals surface area contributed by atoms with Crippen molar-refractivity contribution in [2.45, 2.75) is 13.8 Å². The van der Waals surface area contributed by atoms with Crippen molar-refractivity contribution in [3.63, 3.8) is 0 Å². The fraction of sp³-hybridized carbons (Fsp3) is 0.0909. The van der Waals surface area contributed by atoms with Gasteiger partial charge in [0.1, 0.15) is 0 Å². The Kier molecular flexibility index (Phi) is 4.89. The van der Waals surface area contributed by atoms with Gasteiger partial charge in [-0.15, -0.1) is 0 Å². The molecule has 0 amide bonds. The molecule has 1 heteroatoms. The van der Waals surface area contributed by atoms with E-state index in [0.29, 0.717) is 0 Å². The normalized spacial score (nSPS) is 11.6. The van der Waals surface area contributed by atoms with Gasteiger partial charge < -0.3 is 0 Å². The summed E-state index contributed by atoms with van der Waals surface area (Å²) >= 11 is 1.74. The first kappa shape index (κ1) is 15.5. The van der Waals surface area contributed by atoms with Crippen LogP contribution in [0.25, 0.3) is 24.3 Å². The van der Waals surface area contributed by atoms with Gasteiger partial charge in [0.05, 0.1) is 0 Å². The summed E-state index contributed by atoms with van der Waals surface area (Å²) in [6.45, 7) is 4.25. The monoisotopic (exact) mass is 316 g/mol. The summed E-state index contributed by atoms with van der Waals surface area (Å²) in [4.78, 5) is 0. The van der Waals surface area contributed by atoms with E-state index < -0.39 is 0 Å². The second-order valence-corrected chi connectivity index (χ2v) is 6.52. The van der Waals surface area contributed by atoms with Crippen LogP contribution in [0.15, 0.2) is 59.3 Å². The Hall–Kier alpha value is -2.38. The zero-order chi connectivity index (χ0) is 16.1. The Morgan fingerprint density at radius 2 is 1.13 bits per heavy atom. The summed E-state index contributed by atoms with van der Waals surface area (Å²) in [7, 11) is 0. The molecule has 0 unspecified atom stereocenters. The van der Waals surface area contributed by atoms with Crippen LogP contribution in [-0.4, -0.2) is 0 Å². The molecule has 0 spiro atoms. The summed E-state index contributed by atoms with van der Waals surface area (Å²) < 4.78 is 0. The van der Waals surface area contributed by atoms with Gasteiger partial charge in [-0.05, 0) is 46.9 Å². The van der Waals surface area contributed by atoms with Crippen LogP contribution in [0, 0.1) is 13.8 Å². The highest BCUT2D eigenvalue weighted by molar-refractivity contribution is 7.08. The van der Waals surface area contributed by atoms with Crippen molar-refractivity contribution in [2.75, 3.05) is 0 Å². The number of hydrogen-bond acceptors (Lipinski definition) is 1. The molecule has 0 nitrogen and oxygen atoms in total. The molecule has 3 aromatic rings. The first-order valence-electron chi connectivity index (χ1n) is 7.76. The number of benzene rings is 2. The molecule has 0 aliphatic heterocycles. The average Bonchev–Trinajstić information content (AvgIpc) is 2.99. The summed E-state index contributed by atoms with van der Waals surface area (Å²) in [5, 5.41) is 4.39. The third-order valence-corrected chi connectivity index (χ3v) is 4.50. The summed E-state index contributed by atoms with van der Waals surface area (Å²) in [6.07, 6.45) is 8.75. The highest BCUT2D eigenvalue weighted by Gasteiger charge is 1.97. The first-order valence-corrected chi connectivity index (χ1v) is 8.71. The fourth-order valence-corrected chi connectivity index (χ4v) is 3.30. The molecule has 1 heterocycles. The lowest BCUT2D eigenvalue weighted by Crippen LogP contribution is -1.77. The van der Waals surface area contributed by atoms with Gasteiger partial charge in [-0.2, -0.15) is 11.3 Å². The summed E-state index contributed by atoms with van der Waals surface area (Å²) in [5.74, 6) is 0. The van der Waals surface area contributed by atoms with Crippen LogP contribution in [0.2, 0.25) is 0 Å². The quantitative estimate of drug-likeness (QED) is 0.502. The predicted molar refractivity (Wildman–Crippen MR) is 105 cm³/mol. The smallest absolute Gasteiger partial charge is 0.00145 e. The number of thiophene rings is 1. The van der Waals surface area contributed by atoms with Crippen LogP contribution in [0.3, 0.4) is 0 Å². The minimum Gasteiger partial charge on any atom is -0.151 e. The summed E-state index contributed by atoms with van der Waals surface area (Å²) in [6, 6.07) is 17.1. The molecule has 114 valence electrons. The van der Waals surface area contributed by atoms with Crippen molar-refractivity contribution >= 4 is 35.6 Å². The van der Waals surface area contributed by atoms with E-state index in [-0.39, 0.29) is 0 Å². The van der Waals surface area contributed by atoms with Crippen LogP contribution in [0.5, 0.6) is 0 Å². The van der Waals surface area contributed by atoms with E-state index in [1.807, 2.05) is 0 Å². The molecule has 0 radical (unpaired) electrons. The van der Waals surface area contributed by atoms with Gasteiger partial charge >= 0.3 is 0 Å². The Bertz CT molecular complexity index is 780. The van der Waals surface area contributed by atoms with Crippen molar-refractivity contribution in [3.05, 3.63) is 92.7 Å². The minimum atomic E-state index is 1.24. The van der Waals surface area contributed by atoms with Gasteiger partial charge in [0.15, 0.2) is 0 Å². The molecule has 2 aromatic carbocycles. The maximum atomic E-state index is 2.20. The second kappa shape index (κ2) is 7.26. The third kappa shape index (κ3) is 4.30. The zero-order valence-electron chi connectivity index (χ0n) is 13.5. The van der Waals surface area contributed by atoms with E-state index in [1.54, 1.807) is 11.3 Å². The number of hydrogen-bond donors (Lipinski definition) is 0. The molecule has 0 saturated heterocycles. The molecule has 0 N–H and O–H groups in total.